The van der Waals surface area contributed by atoms with Crippen LogP contribution in [-0.4, -0.2) is 54.9 Å². The largest absolute Gasteiger partial charge is 0.354 e. The third-order valence-electron chi connectivity index (χ3n) is 3.67. The molecular formula is C15H21N5. The van der Waals surface area contributed by atoms with E-state index in [-0.39, 0.29) is 0 Å². The fraction of sp³-hybridized carbons (Fsp3) is 0.467. The average molecular weight is 271 g/mol. The molecule has 0 aliphatic carbocycles. The van der Waals surface area contributed by atoms with Crippen molar-refractivity contribution in [2.45, 2.75) is 12.8 Å². The monoisotopic (exact) mass is 271 g/mol. The zero-order valence-electron chi connectivity index (χ0n) is 11.9. The Morgan fingerprint density at radius 1 is 1.10 bits per heavy atom. The highest BCUT2D eigenvalue weighted by molar-refractivity contribution is 5.96. The fourth-order valence-corrected chi connectivity index (χ4v) is 2.50. The molecule has 20 heavy (non-hydrogen) atoms. The standard InChI is InChI=1S/C15H21N5/c1-19-12-9-16-14(19)18-15(20-10-5-6-11-20)17-13-7-3-2-4-8-13/h2-4,7-8H,5-6,9-12H2,1H3,(H,16,17,18). The molecule has 0 aromatic heterocycles. The van der Waals surface area contributed by atoms with E-state index in [1.807, 2.05) is 30.3 Å². The van der Waals surface area contributed by atoms with Crippen molar-refractivity contribution in [3.8, 4) is 0 Å². The van der Waals surface area contributed by atoms with Crippen molar-refractivity contribution in [3.63, 3.8) is 0 Å². The van der Waals surface area contributed by atoms with Crippen LogP contribution in [0.5, 0.6) is 0 Å². The lowest BCUT2D eigenvalue weighted by Crippen LogP contribution is -2.32. The van der Waals surface area contributed by atoms with Crippen LogP contribution in [0.1, 0.15) is 12.8 Å². The predicted octanol–water partition coefficient (Wildman–Crippen LogP) is 1.66. The van der Waals surface area contributed by atoms with Gasteiger partial charge in [-0.15, -0.1) is 0 Å². The molecular weight excluding hydrogens is 250 g/mol. The lowest BCUT2D eigenvalue weighted by atomic mass is 10.3. The second kappa shape index (κ2) is 5.94. The highest BCUT2D eigenvalue weighted by atomic mass is 15.4. The smallest absolute Gasteiger partial charge is 0.229 e. The lowest BCUT2D eigenvalue weighted by molar-refractivity contribution is 0.510. The third-order valence-corrected chi connectivity index (χ3v) is 3.67. The van der Waals surface area contributed by atoms with Gasteiger partial charge in [-0.2, -0.15) is 4.99 Å². The number of nitrogens with one attached hydrogen (secondary N) is 1. The van der Waals surface area contributed by atoms with E-state index < -0.39 is 0 Å². The number of likely N-dealkylation sites (N-methyl/N-ethyl adjacent to an activating group) is 1. The van der Waals surface area contributed by atoms with E-state index in [1.54, 1.807) is 0 Å². The summed E-state index contributed by atoms with van der Waals surface area (Å²) in [6.45, 7) is 4.05. The Bertz CT molecular complexity index is 502. The average Bonchev–Trinajstić information content (AvgIpc) is 3.12. The maximum absolute atomic E-state index is 4.74. The summed E-state index contributed by atoms with van der Waals surface area (Å²) in [5.74, 6) is 1.75. The van der Waals surface area contributed by atoms with E-state index in [2.05, 4.69) is 22.2 Å². The van der Waals surface area contributed by atoms with Gasteiger partial charge in [0, 0.05) is 33.2 Å². The molecule has 5 heteroatoms. The lowest BCUT2D eigenvalue weighted by Gasteiger charge is -2.18. The molecule has 0 saturated carbocycles. The third kappa shape index (κ3) is 2.92. The van der Waals surface area contributed by atoms with Gasteiger partial charge in [0.25, 0.3) is 0 Å². The molecule has 0 radical (unpaired) electrons. The molecule has 0 unspecified atom stereocenters. The van der Waals surface area contributed by atoms with E-state index in [9.17, 15) is 0 Å². The number of rotatable bonds is 1. The van der Waals surface area contributed by atoms with Crippen LogP contribution < -0.4 is 5.32 Å². The number of likely N-dealkylation sites (tertiary alicyclic amines) is 1. The van der Waals surface area contributed by atoms with Gasteiger partial charge in [0.15, 0.2) is 0 Å². The first-order valence-electron chi connectivity index (χ1n) is 7.25. The van der Waals surface area contributed by atoms with Crippen molar-refractivity contribution in [2.75, 3.05) is 33.2 Å². The summed E-state index contributed by atoms with van der Waals surface area (Å²) in [6.07, 6.45) is 2.45. The zero-order chi connectivity index (χ0) is 13.8. The van der Waals surface area contributed by atoms with Crippen LogP contribution in [0.25, 0.3) is 0 Å². The molecule has 2 heterocycles. The van der Waals surface area contributed by atoms with Gasteiger partial charge < -0.3 is 15.1 Å². The molecule has 0 spiro atoms. The van der Waals surface area contributed by atoms with Gasteiger partial charge in [0.2, 0.25) is 11.9 Å². The minimum Gasteiger partial charge on any atom is -0.354 e. The summed E-state index contributed by atoms with van der Waals surface area (Å²) in [6, 6.07) is 10.1. The van der Waals surface area contributed by atoms with Crippen molar-refractivity contribution in [1.82, 2.24) is 15.1 Å². The molecule has 5 nitrogen and oxygen atoms in total. The highest BCUT2D eigenvalue weighted by Gasteiger charge is 2.19. The molecule has 2 saturated heterocycles. The Labute approximate surface area is 120 Å². The number of hydrogen-bond acceptors (Lipinski definition) is 1. The Morgan fingerprint density at radius 3 is 2.50 bits per heavy atom. The van der Waals surface area contributed by atoms with Crippen LogP contribution in [-0.2, 0) is 0 Å². The van der Waals surface area contributed by atoms with Gasteiger partial charge >= 0.3 is 0 Å². The maximum atomic E-state index is 4.74. The van der Waals surface area contributed by atoms with Crippen molar-refractivity contribution in [2.24, 2.45) is 9.98 Å². The van der Waals surface area contributed by atoms with E-state index >= 15 is 0 Å². The molecule has 1 N–H and O–H groups in total. The van der Waals surface area contributed by atoms with E-state index in [0.717, 1.165) is 43.8 Å². The summed E-state index contributed by atoms with van der Waals surface area (Å²) in [4.78, 5) is 13.9. The summed E-state index contributed by atoms with van der Waals surface area (Å²) >= 11 is 0. The number of benzene rings is 1. The number of aliphatic imine (C=N–C) groups is 2. The fourth-order valence-electron chi connectivity index (χ4n) is 2.50. The summed E-state index contributed by atoms with van der Waals surface area (Å²) in [5.41, 5.74) is 0.958. The van der Waals surface area contributed by atoms with Gasteiger partial charge in [-0.3, -0.25) is 0 Å². The molecule has 106 valence electrons. The summed E-state index contributed by atoms with van der Waals surface area (Å²) in [5, 5.41) is 3.31. The van der Waals surface area contributed by atoms with Crippen LogP contribution in [0, 0.1) is 0 Å². The Balaban J connectivity index is 1.89. The topological polar surface area (TPSA) is 43.2 Å². The van der Waals surface area contributed by atoms with Crippen LogP contribution in [0.15, 0.2) is 40.3 Å². The van der Waals surface area contributed by atoms with Gasteiger partial charge in [0.05, 0.1) is 5.69 Å². The first kappa shape index (κ1) is 13.0. The second-order valence-corrected chi connectivity index (χ2v) is 5.23. The van der Waals surface area contributed by atoms with E-state index in [4.69, 9.17) is 9.98 Å². The SMILES string of the molecule is CN1CCN/C1=N\C(=N\c1ccccc1)N1CCCC1. The van der Waals surface area contributed by atoms with Crippen molar-refractivity contribution in [1.29, 1.82) is 0 Å². The molecule has 2 fully saturated rings. The van der Waals surface area contributed by atoms with Gasteiger partial charge in [-0.25, -0.2) is 4.99 Å². The summed E-state index contributed by atoms with van der Waals surface area (Å²) < 4.78 is 0. The maximum Gasteiger partial charge on any atom is 0.229 e. The van der Waals surface area contributed by atoms with E-state index in [1.165, 1.54) is 12.8 Å². The molecule has 2 aliphatic rings. The number of para-hydroxylation sites is 1. The first-order chi connectivity index (χ1) is 9.83. The second-order valence-electron chi connectivity index (χ2n) is 5.23. The van der Waals surface area contributed by atoms with Crippen LogP contribution in [0.2, 0.25) is 0 Å². The van der Waals surface area contributed by atoms with Gasteiger partial charge in [-0.1, -0.05) is 18.2 Å². The molecule has 0 amide bonds. The van der Waals surface area contributed by atoms with Crippen LogP contribution in [0.4, 0.5) is 5.69 Å². The highest BCUT2D eigenvalue weighted by Crippen LogP contribution is 2.15. The minimum atomic E-state index is 0.824. The molecule has 1 aromatic carbocycles. The van der Waals surface area contributed by atoms with E-state index in [0.29, 0.717) is 0 Å². The van der Waals surface area contributed by atoms with Gasteiger partial charge in [-0.05, 0) is 25.0 Å². The Kier molecular flexibility index (Phi) is 3.85. The number of hydrogen-bond donors (Lipinski definition) is 1. The van der Waals surface area contributed by atoms with Crippen molar-refractivity contribution >= 4 is 17.6 Å². The summed E-state index contributed by atoms with van der Waals surface area (Å²) in [7, 11) is 2.06. The normalized spacial score (nSPS) is 21.6. The molecule has 0 bridgehead atoms. The molecule has 2 aliphatic heterocycles. The predicted molar refractivity (Wildman–Crippen MR) is 82.4 cm³/mol. The molecule has 1 aromatic rings. The number of nitrogens with zero attached hydrogens (tertiary/aromatic N) is 4. The van der Waals surface area contributed by atoms with Gasteiger partial charge in [0.1, 0.15) is 0 Å². The van der Waals surface area contributed by atoms with Crippen molar-refractivity contribution < 1.29 is 0 Å². The Hall–Kier alpha value is -2.04. The molecule has 0 atom stereocenters. The first-order valence-corrected chi connectivity index (χ1v) is 7.25. The number of guanidine groups is 2. The molecule has 3 rings (SSSR count). The van der Waals surface area contributed by atoms with Crippen LogP contribution in [0.3, 0.4) is 0 Å². The minimum absolute atomic E-state index is 0.824. The quantitative estimate of drug-likeness (QED) is 0.624. The van der Waals surface area contributed by atoms with Crippen LogP contribution >= 0.6 is 0 Å². The zero-order valence-corrected chi connectivity index (χ0v) is 11.9. The van der Waals surface area contributed by atoms with Crippen molar-refractivity contribution in [3.05, 3.63) is 30.3 Å². The Morgan fingerprint density at radius 2 is 1.85 bits per heavy atom.